The van der Waals surface area contributed by atoms with E-state index in [0.717, 1.165) is 5.56 Å². The van der Waals surface area contributed by atoms with Gasteiger partial charge in [0.2, 0.25) is 11.8 Å². The fourth-order valence-electron chi connectivity index (χ4n) is 3.46. The first-order valence-corrected chi connectivity index (χ1v) is 10.1. The monoisotopic (exact) mass is 449 g/mol. The smallest absolute Gasteiger partial charge is 0.407 e. The number of alkyl carbamates (subject to hydrolysis) is 1. The van der Waals surface area contributed by atoms with E-state index in [0.29, 0.717) is 12.8 Å². The van der Waals surface area contributed by atoms with E-state index < -0.39 is 54.4 Å². The summed E-state index contributed by atoms with van der Waals surface area (Å²) >= 11 is 0. The van der Waals surface area contributed by atoms with E-state index in [-0.39, 0.29) is 19.6 Å². The highest BCUT2D eigenvalue weighted by Crippen LogP contribution is 2.29. The molecule has 1 aliphatic rings. The molecule has 32 heavy (non-hydrogen) atoms. The summed E-state index contributed by atoms with van der Waals surface area (Å²) in [6.45, 7) is 1.42. The Morgan fingerprint density at radius 1 is 1.16 bits per heavy atom. The van der Waals surface area contributed by atoms with Crippen molar-refractivity contribution < 1.29 is 38.9 Å². The zero-order chi connectivity index (χ0) is 23.7. The number of nitrogens with zero attached hydrogens (tertiary/aromatic N) is 1. The second kappa shape index (κ2) is 11.1. The summed E-state index contributed by atoms with van der Waals surface area (Å²) in [6.07, 6.45) is -0.678. The fraction of sp³-hybridized carbons (Fsp3) is 0.476. The molecule has 11 nitrogen and oxygen atoms in total. The highest BCUT2D eigenvalue weighted by atomic mass is 16.5. The molecule has 0 aliphatic carbocycles. The molecule has 2 atom stereocenters. The van der Waals surface area contributed by atoms with Gasteiger partial charge in [-0.05, 0) is 31.7 Å². The van der Waals surface area contributed by atoms with Crippen molar-refractivity contribution in [2.75, 3.05) is 13.1 Å². The van der Waals surface area contributed by atoms with Crippen LogP contribution in [0, 0.1) is 0 Å². The quantitative estimate of drug-likeness (QED) is 0.406. The number of carbonyl (C=O) groups is 5. The Morgan fingerprint density at radius 3 is 2.47 bits per heavy atom. The molecule has 4 N–H and O–H groups in total. The lowest BCUT2D eigenvalue weighted by molar-refractivity contribution is -0.147. The summed E-state index contributed by atoms with van der Waals surface area (Å²) in [7, 11) is 0. The standard InChI is InChI=1S/C21H27N3O8/c1-21(19(30)23-15(18(28)29)8-9-17(26)27)10-5-11-24(21)16(25)12-22-20(31)32-13-14-6-3-2-4-7-14/h2-4,6-7,15H,5,8-13H2,1H3,(H,22,31)(H,23,30)(H,26,27)(H,28,29)/t15-,21?/m0/s1. The minimum Gasteiger partial charge on any atom is -0.481 e. The summed E-state index contributed by atoms with van der Waals surface area (Å²) < 4.78 is 5.05. The van der Waals surface area contributed by atoms with Crippen LogP contribution in [0.15, 0.2) is 30.3 Å². The van der Waals surface area contributed by atoms with E-state index in [9.17, 15) is 29.1 Å². The highest BCUT2D eigenvalue weighted by molar-refractivity contribution is 5.95. The number of hydrogen-bond acceptors (Lipinski definition) is 6. The molecule has 2 rings (SSSR count). The minimum atomic E-state index is -1.39. The van der Waals surface area contributed by atoms with E-state index >= 15 is 0 Å². The van der Waals surface area contributed by atoms with Crippen LogP contribution in [0.5, 0.6) is 0 Å². The molecule has 1 unspecified atom stereocenters. The average Bonchev–Trinajstić information content (AvgIpc) is 3.16. The van der Waals surface area contributed by atoms with Crippen molar-refractivity contribution in [2.45, 2.75) is 50.8 Å². The number of rotatable bonds is 10. The number of ether oxygens (including phenoxy) is 1. The molecule has 0 spiro atoms. The first-order chi connectivity index (χ1) is 15.1. The molecule has 0 bridgehead atoms. The number of carboxylic acid groups (broad SMARTS) is 2. The van der Waals surface area contributed by atoms with Crippen molar-refractivity contribution in [2.24, 2.45) is 0 Å². The maximum Gasteiger partial charge on any atom is 0.407 e. The average molecular weight is 449 g/mol. The molecule has 1 heterocycles. The number of nitrogens with one attached hydrogen (secondary N) is 2. The Kier molecular flexibility index (Phi) is 8.56. The molecule has 0 radical (unpaired) electrons. The van der Waals surface area contributed by atoms with Gasteiger partial charge in [-0.2, -0.15) is 0 Å². The number of aliphatic carboxylic acids is 2. The summed E-state index contributed by atoms with van der Waals surface area (Å²) in [5.74, 6) is -3.75. The molecule has 1 aliphatic heterocycles. The van der Waals surface area contributed by atoms with Crippen LogP contribution in [0.25, 0.3) is 0 Å². The topological polar surface area (TPSA) is 162 Å². The van der Waals surface area contributed by atoms with Gasteiger partial charge in [0.1, 0.15) is 24.7 Å². The Labute approximate surface area is 184 Å². The highest BCUT2D eigenvalue weighted by Gasteiger charge is 2.46. The van der Waals surface area contributed by atoms with Crippen LogP contribution in [0.3, 0.4) is 0 Å². The van der Waals surface area contributed by atoms with Gasteiger partial charge in [-0.25, -0.2) is 9.59 Å². The largest absolute Gasteiger partial charge is 0.481 e. The lowest BCUT2D eigenvalue weighted by Gasteiger charge is -2.34. The third-order valence-electron chi connectivity index (χ3n) is 5.28. The number of hydrogen-bond donors (Lipinski definition) is 4. The summed E-state index contributed by atoms with van der Waals surface area (Å²) in [5, 5.41) is 22.7. The first kappa shape index (κ1) is 24.6. The van der Waals surface area contributed by atoms with Crippen molar-refractivity contribution in [3.8, 4) is 0 Å². The first-order valence-electron chi connectivity index (χ1n) is 10.1. The fourth-order valence-corrected chi connectivity index (χ4v) is 3.46. The number of carboxylic acids is 2. The molecule has 174 valence electrons. The zero-order valence-electron chi connectivity index (χ0n) is 17.7. The van der Waals surface area contributed by atoms with Gasteiger partial charge in [0.25, 0.3) is 0 Å². The maximum atomic E-state index is 12.8. The second-order valence-corrected chi connectivity index (χ2v) is 7.63. The predicted molar refractivity (Wildman–Crippen MR) is 110 cm³/mol. The molecule has 3 amide bonds. The predicted octanol–water partition coefficient (Wildman–Crippen LogP) is 0.728. The molecule has 0 aromatic heterocycles. The Bertz CT molecular complexity index is 860. The Hall–Kier alpha value is -3.63. The van der Waals surface area contributed by atoms with Crippen LogP contribution in [-0.2, 0) is 30.5 Å². The van der Waals surface area contributed by atoms with Crippen LogP contribution < -0.4 is 10.6 Å². The van der Waals surface area contributed by atoms with E-state index in [1.54, 1.807) is 24.3 Å². The van der Waals surface area contributed by atoms with E-state index in [4.69, 9.17) is 9.84 Å². The summed E-state index contributed by atoms with van der Waals surface area (Å²) in [4.78, 5) is 60.7. The van der Waals surface area contributed by atoms with Gasteiger partial charge in [-0.1, -0.05) is 30.3 Å². The van der Waals surface area contributed by atoms with E-state index in [1.165, 1.54) is 11.8 Å². The minimum absolute atomic E-state index is 0.0393. The number of benzene rings is 1. The molecule has 11 heteroatoms. The summed E-state index contributed by atoms with van der Waals surface area (Å²) in [5.41, 5.74) is -0.530. The van der Waals surface area contributed by atoms with Gasteiger partial charge < -0.3 is 30.5 Å². The molecule has 1 aromatic rings. The van der Waals surface area contributed by atoms with E-state index in [2.05, 4.69) is 10.6 Å². The number of likely N-dealkylation sites (tertiary alicyclic amines) is 1. The number of carbonyl (C=O) groups excluding carboxylic acids is 3. The van der Waals surface area contributed by atoms with Crippen molar-refractivity contribution in [3.63, 3.8) is 0 Å². The van der Waals surface area contributed by atoms with Crippen molar-refractivity contribution >= 4 is 29.8 Å². The molecule has 1 saturated heterocycles. The molecule has 1 aromatic carbocycles. The third-order valence-corrected chi connectivity index (χ3v) is 5.28. The third kappa shape index (κ3) is 6.69. The van der Waals surface area contributed by atoms with Crippen molar-refractivity contribution in [3.05, 3.63) is 35.9 Å². The van der Waals surface area contributed by atoms with Crippen LogP contribution in [0.1, 0.15) is 38.2 Å². The van der Waals surface area contributed by atoms with Gasteiger partial charge in [0, 0.05) is 13.0 Å². The van der Waals surface area contributed by atoms with Crippen LogP contribution >= 0.6 is 0 Å². The molecule has 1 fully saturated rings. The molecular formula is C21H27N3O8. The molecule has 0 saturated carbocycles. The van der Waals surface area contributed by atoms with Crippen LogP contribution in [-0.4, -0.2) is 69.6 Å². The van der Waals surface area contributed by atoms with Crippen molar-refractivity contribution in [1.82, 2.24) is 15.5 Å². The van der Waals surface area contributed by atoms with Gasteiger partial charge in [-0.3, -0.25) is 14.4 Å². The molecular weight excluding hydrogens is 422 g/mol. The Morgan fingerprint density at radius 2 is 1.84 bits per heavy atom. The van der Waals surface area contributed by atoms with Gasteiger partial charge in [0.15, 0.2) is 0 Å². The van der Waals surface area contributed by atoms with Crippen molar-refractivity contribution in [1.29, 1.82) is 0 Å². The van der Waals surface area contributed by atoms with Crippen LogP contribution in [0.4, 0.5) is 4.79 Å². The van der Waals surface area contributed by atoms with E-state index in [1.807, 2.05) is 6.07 Å². The Balaban J connectivity index is 1.91. The second-order valence-electron chi connectivity index (χ2n) is 7.63. The maximum absolute atomic E-state index is 12.8. The van der Waals surface area contributed by atoms with Gasteiger partial charge in [-0.15, -0.1) is 0 Å². The number of amides is 3. The SMILES string of the molecule is CC1(C(=O)N[C@@H](CCC(=O)O)C(=O)O)CCCN1C(=O)CNC(=O)OCc1ccccc1. The lowest BCUT2D eigenvalue weighted by atomic mass is 9.96. The summed E-state index contributed by atoms with van der Waals surface area (Å²) in [6, 6.07) is 7.61. The zero-order valence-corrected chi connectivity index (χ0v) is 17.7. The van der Waals surface area contributed by atoms with Gasteiger partial charge in [0.05, 0.1) is 0 Å². The van der Waals surface area contributed by atoms with Crippen LogP contribution in [0.2, 0.25) is 0 Å². The lowest BCUT2D eigenvalue weighted by Crippen LogP contribution is -2.59. The van der Waals surface area contributed by atoms with Gasteiger partial charge >= 0.3 is 18.0 Å². The normalized spacial score (nSPS) is 18.5.